The predicted octanol–water partition coefficient (Wildman–Crippen LogP) is 0.162. The number of carbonyl (C=O) groups excluding carboxylic acids is 2. The SMILES string of the molecule is O=C1CCC(=O)C1P. The lowest BCUT2D eigenvalue weighted by Crippen LogP contribution is -2.11. The van der Waals surface area contributed by atoms with Gasteiger partial charge in [0.2, 0.25) is 0 Å². The van der Waals surface area contributed by atoms with Crippen LogP contribution in [0.25, 0.3) is 0 Å². The molecule has 1 aliphatic carbocycles. The van der Waals surface area contributed by atoms with E-state index in [1.807, 2.05) is 0 Å². The number of carbonyl (C=O) groups is 2. The Morgan fingerprint density at radius 2 is 1.62 bits per heavy atom. The van der Waals surface area contributed by atoms with Crippen molar-refractivity contribution >= 4 is 20.8 Å². The summed E-state index contributed by atoms with van der Waals surface area (Å²) in [6.45, 7) is 0. The Morgan fingerprint density at radius 1 is 1.25 bits per heavy atom. The maximum absolute atomic E-state index is 10.5. The zero-order valence-electron chi connectivity index (χ0n) is 4.39. The minimum absolute atomic E-state index is 0.0694. The highest BCUT2D eigenvalue weighted by Gasteiger charge is 2.27. The maximum Gasteiger partial charge on any atom is 0.147 e. The van der Waals surface area contributed by atoms with Gasteiger partial charge in [-0.2, -0.15) is 0 Å². The summed E-state index contributed by atoms with van der Waals surface area (Å²) in [5.74, 6) is 0.139. The summed E-state index contributed by atoms with van der Waals surface area (Å²) in [7, 11) is 2.25. The molecular weight excluding hydrogens is 123 g/mol. The van der Waals surface area contributed by atoms with Crippen molar-refractivity contribution in [1.82, 2.24) is 0 Å². The summed E-state index contributed by atoms with van der Waals surface area (Å²) < 4.78 is 0. The fraction of sp³-hybridized carbons (Fsp3) is 0.600. The van der Waals surface area contributed by atoms with E-state index >= 15 is 0 Å². The minimum atomic E-state index is -0.380. The van der Waals surface area contributed by atoms with E-state index in [0.717, 1.165) is 0 Å². The first-order valence-corrected chi connectivity index (χ1v) is 3.19. The summed E-state index contributed by atoms with van der Waals surface area (Å²) in [5, 5.41) is 0. The number of ketones is 2. The Bertz CT molecular complexity index is 125. The van der Waals surface area contributed by atoms with E-state index in [2.05, 4.69) is 9.24 Å². The van der Waals surface area contributed by atoms with Gasteiger partial charge in [-0.05, 0) is 0 Å². The van der Waals surface area contributed by atoms with Crippen LogP contribution in [0, 0.1) is 0 Å². The molecule has 1 unspecified atom stereocenters. The molecule has 1 fully saturated rings. The van der Waals surface area contributed by atoms with Crippen molar-refractivity contribution in [3.63, 3.8) is 0 Å². The van der Waals surface area contributed by atoms with Crippen LogP contribution in [0.3, 0.4) is 0 Å². The first-order chi connectivity index (χ1) is 3.72. The molecule has 1 saturated carbocycles. The molecule has 0 aromatic heterocycles. The van der Waals surface area contributed by atoms with Gasteiger partial charge in [-0.25, -0.2) is 0 Å². The van der Waals surface area contributed by atoms with Gasteiger partial charge in [-0.1, -0.05) is 0 Å². The minimum Gasteiger partial charge on any atom is -0.299 e. The molecule has 0 spiro atoms. The molecular formula is C5H7O2P. The molecule has 0 heterocycles. The van der Waals surface area contributed by atoms with Crippen molar-refractivity contribution in [2.24, 2.45) is 0 Å². The smallest absolute Gasteiger partial charge is 0.147 e. The van der Waals surface area contributed by atoms with E-state index in [0.29, 0.717) is 12.8 Å². The summed E-state index contributed by atoms with van der Waals surface area (Å²) in [5.41, 5.74) is -0.380. The van der Waals surface area contributed by atoms with Gasteiger partial charge in [0, 0.05) is 12.8 Å². The van der Waals surface area contributed by atoms with E-state index < -0.39 is 0 Å². The van der Waals surface area contributed by atoms with Crippen molar-refractivity contribution < 1.29 is 9.59 Å². The van der Waals surface area contributed by atoms with Gasteiger partial charge in [-0.15, -0.1) is 9.24 Å². The van der Waals surface area contributed by atoms with Crippen molar-refractivity contribution in [3.8, 4) is 0 Å². The van der Waals surface area contributed by atoms with Crippen molar-refractivity contribution in [2.45, 2.75) is 18.5 Å². The molecule has 0 aromatic carbocycles. The van der Waals surface area contributed by atoms with Gasteiger partial charge >= 0.3 is 0 Å². The molecule has 0 bridgehead atoms. The molecule has 0 radical (unpaired) electrons. The fourth-order valence-corrected chi connectivity index (χ4v) is 1.07. The van der Waals surface area contributed by atoms with Gasteiger partial charge in [0.25, 0.3) is 0 Å². The van der Waals surface area contributed by atoms with Crippen molar-refractivity contribution in [2.75, 3.05) is 0 Å². The van der Waals surface area contributed by atoms with Crippen LogP contribution < -0.4 is 0 Å². The second-order valence-electron chi connectivity index (χ2n) is 1.91. The largest absolute Gasteiger partial charge is 0.299 e. The lowest BCUT2D eigenvalue weighted by Gasteiger charge is -1.90. The molecule has 0 aromatic rings. The molecule has 0 N–H and O–H groups in total. The van der Waals surface area contributed by atoms with Crippen LogP contribution in [0.5, 0.6) is 0 Å². The average molecular weight is 130 g/mol. The normalized spacial score (nSPS) is 22.6. The molecule has 3 heteroatoms. The molecule has 0 aliphatic heterocycles. The average Bonchev–Trinajstić information content (AvgIpc) is 1.98. The van der Waals surface area contributed by atoms with E-state index in [-0.39, 0.29) is 17.2 Å². The standard InChI is InChI=1S/C5H7O2P/c6-3-1-2-4(7)5(3)8/h5H,1-2,8H2. The zero-order valence-corrected chi connectivity index (χ0v) is 5.54. The first-order valence-electron chi connectivity index (χ1n) is 2.53. The third-order valence-corrected chi connectivity index (χ3v) is 2.06. The van der Waals surface area contributed by atoms with E-state index in [9.17, 15) is 9.59 Å². The first kappa shape index (κ1) is 5.90. The second kappa shape index (κ2) is 1.94. The van der Waals surface area contributed by atoms with Gasteiger partial charge in [-0.3, -0.25) is 9.59 Å². The molecule has 1 aliphatic rings. The van der Waals surface area contributed by atoms with Crippen LogP contribution in [-0.2, 0) is 9.59 Å². The van der Waals surface area contributed by atoms with Crippen LogP contribution in [-0.4, -0.2) is 17.2 Å². The van der Waals surface area contributed by atoms with Crippen LogP contribution in [0.1, 0.15) is 12.8 Å². The van der Waals surface area contributed by atoms with Crippen LogP contribution in [0.4, 0.5) is 0 Å². The van der Waals surface area contributed by atoms with Crippen molar-refractivity contribution in [3.05, 3.63) is 0 Å². The Balaban J connectivity index is 2.70. The van der Waals surface area contributed by atoms with Crippen molar-refractivity contribution in [1.29, 1.82) is 0 Å². The molecule has 0 amide bonds. The lowest BCUT2D eigenvalue weighted by atomic mass is 10.3. The number of Topliss-reactive ketones (excluding diaryl/α,β-unsaturated/α-hetero) is 2. The van der Waals surface area contributed by atoms with Crippen LogP contribution in [0.15, 0.2) is 0 Å². The molecule has 8 heavy (non-hydrogen) atoms. The monoisotopic (exact) mass is 130 g/mol. The van der Waals surface area contributed by atoms with Crippen LogP contribution >= 0.6 is 9.24 Å². The maximum atomic E-state index is 10.5. The predicted molar refractivity (Wildman–Crippen MR) is 32.7 cm³/mol. The van der Waals surface area contributed by atoms with Gasteiger partial charge in [0.05, 0.1) is 5.66 Å². The highest BCUT2D eigenvalue weighted by molar-refractivity contribution is 7.21. The molecule has 44 valence electrons. The zero-order chi connectivity index (χ0) is 6.15. The second-order valence-corrected chi connectivity index (χ2v) is 2.58. The fourth-order valence-electron chi connectivity index (χ4n) is 0.737. The summed E-state index contributed by atoms with van der Waals surface area (Å²) in [6, 6.07) is 0. The number of hydrogen-bond acceptors (Lipinski definition) is 2. The van der Waals surface area contributed by atoms with Gasteiger partial charge in [0.15, 0.2) is 0 Å². The Hall–Kier alpha value is -0.230. The van der Waals surface area contributed by atoms with Gasteiger partial charge < -0.3 is 0 Å². The topological polar surface area (TPSA) is 34.1 Å². The third kappa shape index (κ3) is 0.805. The summed E-state index contributed by atoms with van der Waals surface area (Å²) in [4.78, 5) is 21.1. The summed E-state index contributed by atoms with van der Waals surface area (Å²) in [6.07, 6.45) is 0.903. The van der Waals surface area contributed by atoms with Gasteiger partial charge in [0.1, 0.15) is 11.6 Å². The lowest BCUT2D eigenvalue weighted by molar-refractivity contribution is -0.120. The molecule has 2 nitrogen and oxygen atoms in total. The van der Waals surface area contributed by atoms with E-state index in [1.165, 1.54) is 0 Å². The Kier molecular flexibility index (Phi) is 1.43. The molecule has 0 saturated heterocycles. The third-order valence-electron chi connectivity index (χ3n) is 1.31. The van der Waals surface area contributed by atoms with E-state index in [4.69, 9.17) is 0 Å². The summed E-state index contributed by atoms with van der Waals surface area (Å²) >= 11 is 0. The number of rotatable bonds is 0. The molecule has 1 atom stereocenters. The Morgan fingerprint density at radius 3 is 1.75 bits per heavy atom. The number of hydrogen-bond donors (Lipinski definition) is 0. The highest BCUT2D eigenvalue weighted by atomic mass is 31.0. The quantitative estimate of drug-likeness (QED) is 0.346. The van der Waals surface area contributed by atoms with E-state index in [1.54, 1.807) is 0 Å². The van der Waals surface area contributed by atoms with Crippen LogP contribution in [0.2, 0.25) is 0 Å². The Labute approximate surface area is 49.8 Å². The molecule has 1 rings (SSSR count). The highest BCUT2D eigenvalue weighted by Crippen LogP contribution is 2.17.